The summed E-state index contributed by atoms with van der Waals surface area (Å²) in [4.78, 5) is 8.44. The van der Waals surface area contributed by atoms with E-state index in [0.29, 0.717) is 17.5 Å². The zero-order valence-corrected chi connectivity index (χ0v) is 19.5. The molecule has 0 bridgehead atoms. The van der Waals surface area contributed by atoms with Gasteiger partial charge in [-0.15, -0.1) is 0 Å². The molecule has 168 valence electrons. The summed E-state index contributed by atoms with van der Waals surface area (Å²) in [5.74, 6) is 1.64. The molecule has 1 aromatic heterocycles. The zero-order valence-electron chi connectivity index (χ0n) is 19.5. The molecule has 0 saturated heterocycles. The molecule has 0 radical (unpaired) electrons. The molecule has 0 saturated carbocycles. The summed E-state index contributed by atoms with van der Waals surface area (Å²) in [6.07, 6.45) is 7.65. The van der Waals surface area contributed by atoms with Crippen molar-refractivity contribution in [3.8, 4) is 16.9 Å². The van der Waals surface area contributed by atoms with E-state index in [1.54, 1.807) is 18.0 Å². The van der Waals surface area contributed by atoms with Crippen LogP contribution in [0.5, 0.6) is 5.75 Å². The molecule has 32 heavy (non-hydrogen) atoms. The molecule has 0 fully saturated rings. The van der Waals surface area contributed by atoms with E-state index < -0.39 is 0 Å². The SMILES string of the molecule is COc1cc(-c2cnn(C)c2)ccc1N1C(N)=NC=C2C=C(C)N(CC(C)(C)C)C(N)=C21. The third-order valence-corrected chi connectivity index (χ3v) is 5.48. The van der Waals surface area contributed by atoms with Gasteiger partial charge in [0.05, 0.1) is 24.7 Å². The molecule has 0 atom stereocenters. The Balaban J connectivity index is 1.82. The number of nitrogens with zero attached hydrogens (tertiary/aromatic N) is 5. The number of aliphatic imine (C=N–C) groups is 1. The van der Waals surface area contributed by atoms with E-state index in [-0.39, 0.29) is 5.41 Å². The second kappa shape index (κ2) is 7.78. The Morgan fingerprint density at radius 2 is 1.88 bits per heavy atom. The Hall–Kier alpha value is -3.68. The molecule has 1 aromatic carbocycles. The van der Waals surface area contributed by atoms with Crippen molar-refractivity contribution >= 4 is 11.6 Å². The van der Waals surface area contributed by atoms with Gasteiger partial charge in [-0.25, -0.2) is 4.99 Å². The van der Waals surface area contributed by atoms with E-state index in [1.165, 1.54) is 0 Å². The maximum atomic E-state index is 6.76. The maximum Gasteiger partial charge on any atom is 0.205 e. The minimum absolute atomic E-state index is 0.0592. The summed E-state index contributed by atoms with van der Waals surface area (Å²) in [6, 6.07) is 5.98. The van der Waals surface area contributed by atoms with Crippen LogP contribution in [0.4, 0.5) is 5.69 Å². The molecule has 4 N–H and O–H groups in total. The van der Waals surface area contributed by atoms with Gasteiger partial charge in [0.15, 0.2) is 0 Å². The van der Waals surface area contributed by atoms with Gasteiger partial charge in [0.1, 0.15) is 11.6 Å². The molecule has 8 heteroatoms. The average molecular weight is 434 g/mol. The lowest BCUT2D eigenvalue weighted by Crippen LogP contribution is -2.45. The van der Waals surface area contributed by atoms with Gasteiger partial charge in [0, 0.05) is 42.8 Å². The predicted octanol–water partition coefficient (Wildman–Crippen LogP) is 3.51. The van der Waals surface area contributed by atoms with Crippen LogP contribution in [0.15, 0.2) is 70.6 Å². The quantitative estimate of drug-likeness (QED) is 0.766. The zero-order chi connectivity index (χ0) is 23.2. The van der Waals surface area contributed by atoms with Crippen LogP contribution in [0.3, 0.4) is 0 Å². The van der Waals surface area contributed by atoms with Gasteiger partial charge < -0.3 is 21.1 Å². The molecule has 0 spiro atoms. The normalized spacial score (nSPS) is 16.5. The van der Waals surface area contributed by atoms with Crippen molar-refractivity contribution in [1.82, 2.24) is 14.7 Å². The van der Waals surface area contributed by atoms with Crippen LogP contribution >= 0.6 is 0 Å². The number of methoxy groups -OCH3 is 1. The van der Waals surface area contributed by atoms with Gasteiger partial charge in [-0.1, -0.05) is 26.8 Å². The highest BCUT2D eigenvalue weighted by molar-refractivity contribution is 6.02. The van der Waals surface area contributed by atoms with E-state index in [4.69, 9.17) is 16.2 Å². The topological polar surface area (TPSA) is 97.9 Å². The summed E-state index contributed by atoms with van der Waals surface area (Å²) in [6.45, 7) is 9.42. The minimum atomic E-state index is 0.0592. The number of ether oxygens (including phenoxy) is 1. The van der Waals surface area contributed by atoms with Crippen molar-refractivity contribution in [2.75, 3.05) is 18.6 Å². The highest BCUT2D eigenvalue weighted by Crippen LogP contribution is 2.40. The molecule has 4 rings (SSSR count). The first kappa shape index (κ1) is 21.5. The van der Waals surface area contributed by atoms with Gasteiger partial charge >= 0.3 is 0 Å². The largest absolute Gasteiger partial charge is 0.495 e. The van der Waals surface area contributed by atoms with Crippen LogP contribution in [-0.4, -0.2) is 34.3 Å². The van der Waals surface area contributed by atoms with E-state index in [0.717, 1.165) is 40.3 Å². The Morgan fingerprint density at radius 1 is 1.12 bits per heavy atom. The van der Waals surface area contributed by atoms with Crippen molar-refractivity contribution in [2.45, 2.75) is 27.7 Å². The second-order valence-corrected chi connectivity index (χ2v) is 9.36. The van der Waals surface area contributed by atoms with Crippen molar-refractivity contribution < 1.29 is 4.74 Å². The first-order valence-electron chi connectivity index (χ1n) is 10.6. The highest BCUT2D eigenvalue weighted by Gasteiger charge is 2.33. The molecule has 0 aliphatic carbocycles. The summed E-state index contributed by atoms with van der Waals surface area (Å²) in [5.41, 5.74) is 18.8. The number of aromatic nitrogens is 2. The maximum absolute atomic E-state index is 6.76. The van der Waals surface area contributed by atoms with E-state index in [9.17, 15) is 0 Å². The van der Waals surface area contributed by atoms with Crippen LogP contribution < -0.4 is 21.1 Å². The van der Waals surface area contributed by atoms with Crippen molar-refractivity contribution in [2.24, 2.45) is 28.9 Å². The molecule has 2 aromatic rings. The fourth-order valence-electron chi connectivity index (χ4n) is 4.03. The third-order valence-electron chi connectivity index (χ3n) is 5.48. The van der Waals surface area contributed by atoms with Crippen LogP contribution in [0, 0.1) is 5.41 Å². The lowest BCUT2D eigenvalue weighted by Gasteiger charge is -2.40. The standard InChI is InChI=1S/C24H31N7O/c1-15-9-17-11-27-23(26)31(21(17)22(25)30(15)14-24(2,3)4)19-8-7-16(10-20(19)32-6)18-12-28-29(5)13-18/h7-13H,14,25H2,1-6H3,(H2,26,27). The van der Waals surface area contributed by atoms with E-state index >= 15 is 0 Å². The number of fused-ring (bicyclic) bond motifs is 1. The summed E-state index contributed by atoms with van der Waals surface area (Å²) in [5, 5.41) is 4.26. The molecule has 2 aliphatic rings. The average Bonchev–Trinajstić information content (AvgIpc) is 3.17. The number of benzene rings is 1. The molecule has 2 aliphatic heterocycles. The Morgan fingerprint density at radius 3 is 2.50 bits per heavy atom. The molecule has 0 amide bonds. The molecule has 8 nitrogen and oxygen atoms in total. The van der Waals surface area contributed by atoms with Crippen molar-refractivity contribution in [3.63, 3.8) is 0 Å². The van der Waals surface area contributed by atoms with Gasteiger partial charge in [-0.3, -0.25) is 9.58 Å². The Labute approximate surface area is 189 Å². The number of hydrogen-bond acceptors (Lipinski definition) is 7. The molecular weight excluding hydrogens is 402 g/mol. The fraction of sp³-hybridized carbons (Fsp3) is 0.333. The molecular formula is C24H31N7O. The van der Waals surface area contributed by atoms with Gasteiger partial charge in [-0.2, -0.15) is 5.10 Å². The summed E-state index contributed by atoms with van der Waals surface area (Å²) >= 11 is 0. The first-order valence-corrected chi connectivity index (χ1v) is 10.6. The van der Waals surface area contributed by atoms with Crippen LogP contribution in [0.1, 0.15) is 27.7 Å². The second-order valence-electron chi connectivity index (χ2n) is 9.36. The Bertz CT molecular complexity index is 1180. The lowest BCUT2D eigenvalue weighted by atomic mass is 9.94. The summed E-state index contributed by atoms with van der Waals surface area (Å²) < 4.78 is 7.54. The number of hydrogen-bond donors (Lipinski definition) is 2. The lowest BCUT2D eigenvalue weighted by molar-refractivity contribution is 0.269. The number of aryl methyl sites for hydroxylation is 1. The number of guanidine groups is 1. The minimum Gasteiger partial charge on any atom is -0.495 e. The van der Waals surface area contributed by atoms with Gasteiger partial charge in [0.25, 0.3) is 0 Å². The predicted molar refractivity (Wildman–Crippen MR) is 129 cm³/mol. The number of allylic oxidation sites excluding steroid dienone is 2. The van der Waals surface area contributed by atoms with Crippen LogP contribution in [-0.2, 0) is 7.05 Å². The van der Waals surface area contributed by atoms with Gasteiger partial charge in [0.2, 0.25) is 5.96 Å². The number of anilines is 1. The Kier molecular flexibility index (Phi) is 5.24. The molecule has 3 heterocycles. The van der Waals surface area contributed by atoms with E-state index in [2.05, 4.69) is 48.8 Å². The molecule has 0 unspecified atom stereocenters. The summed E-state index contributed by atoms with van der Waals surface area (Å²) in [7, 11) is 3.54. The van der Waals surface area contributed by atoms with E-state index in [1.807, 2.05) is 42.5 Å². The fourth-order valence-corrected chi connectivity index (χ4v) is 4.03. The van der Waals surface area contributed by atoms with Crippen molar-refractivity contribution in [3.05, 3.63) is 65.7 Å². The van der Waals surface area contributed by atoms with Crippen molar-refractivity contribution in [1.29, 1.82) is 0 Å². The number of nitrogens with two attached hydrogens (primary N) is 2. The highest BCUT2D eigenvalue weighted by atomic mass is 16.5. The van der Waals surface area contributed by atoms with Crippen LogP contribution in [0.25, 0.3) is 11.1 Å². The third kappa shape index (κ3) is 3.84. The number of rotatable bonds is 4. The monoisotopic (exact) mass is 433 g/mol. The smallest absolute Gasteiger partial charge is 0.205 e. The first-order chi connectivity index (χ1) is 15.1. The van der Waals surface area contributed by atoms with Crippen LogP contribution in [0.2, 0.25) is 0 Å². The van der Waals surface area contributed by atoms with Gasteiger partial charge in [-0.05, 0) is 36.1 Å².